The Morgan fingerprint density at radius 2 is 1.95 bits per heavy atom. The van der Waals surface area contributed by atoms with Gasteiger partial charge in [-0.1, -0.05) is 27.7 Å². The fourth-order valence-corrected chi connectivity index (χ4v) is 3.99. The van der Waals surface area contributed by atoms with Gasteiger partial charge in [0.15, 0.2) is 0 Å². The van der Waals surface area contributed by atoms with Gasteiger partial charge in [0, 0.05) is 6.54 Å². The number of hydrogen-bond acceptors (Lipinski definition) is 4. The Morgan fingerprint density at radius 3 is 2.58 bits per heavy atom. The molecule has 1 N–H and O–H groups in total. The maximum atomic E-state index is 5.97. The molecule has 0 unspecified atom stereocenters. The molecular formula is C14H18ClN3S. The molecule has 0 radical (unpaired) electrons. The van der Waals surface area contributed by atoms with E-state index in [0.717, 1.165) is 22.6 Å². The van der Waals surface area contributed by atoms with E-state index in [1.54, 1.807) is 11.3 Å². The highest BCUT2D eigenvalue weighted by Crippen LogP contribution is 2.68. The van der Waals surface area contributed by atoms with Crippen LogP contribution in [-0.4, -0.2) is 16.5 Å². The lowest BCUT2D eigenvalue weighted by atomic mass is 10.0. The summed E-state index contributed by atoms with van der Waals surface area (Å²) in [5.74, 6) is 1.51. The van der Waals surface area contributed by atoms with E-state index >= 15 is 0 Å². The van der Waals surface area contributed by atoms with E-state index in [9.17, 15) is 0 Å². The van der Waals surface area contributed by atoms with Crippen molar-refractivity contribution in [3.05, 3.63) is 16.7 Å². The summed E-state index contributed by atoms with van der Waals surface area (Å²) in [6, 6.07) is 2.04. The van der Waals surface area contributed by atoms with Crippen LogP contribution in [0.2, 0.25) is 5.28 Å². The molecule has 5 heteroatoms. The minimum Gasteiger partial charge on any atom is -0.369 e. The zero-order chi connectivity index (χ0) is 13.8. The number of fused-ring (bicyclic) bond motifs is 1. The quantitative estimate of drug-likeness (QED) is 0.851. The monoisotopic (exact) mass is 295 g/mol. The minimum absolute atomic E-state index is 0.312. The second-order valence-electron chi connectivity index (χ2n) is 6.36. The highest BCUT2D eigenvalue weighted by molar-refractivity contribution is 7.16. The molecule has 0 atom stereocenters. The van der Waals surface area contributed by atoms with Crippen molar-refractivity contribution >= 4 is 39.0 Å². The second-order valence-corrected chi connectivity index (χ2v) is 7.59. The van der Waals surface area contributed by atoms with Crippen molar-refractivity contribution in [3.8, 4) is 0 Å². The molecule has 3 rings (SSSR count). The second kappa shape index (κ2) is 4.06. The first kappa shape index (κ1) is 13.1. The number of rotatable bonds is 3. The van der Waals surface area contributed by atoms with Crippen LogP contribution in [0, 0.1) is 16.7 Å². The normalized spacial score (nSPS) is 20.7. The van der Waals surface area contributed by atoms with E-state index in [4.69, 9.17) is 11.6 Å². The van der Waals surface area contributed by atoms with Crippen molar-refractivity contribution in [2.45, 2.75) is 27.7 Å². The number of aromatic nitrogens is 2. The van der Waals surface area contributed by atoms with Gasteiger partial charge in [-0.3, -0.25) is 0 Å². The van der Waals surface area contributed by atoms with Crippen molar-refractivity contribution in [2.75, 3.05) is 11.9 Å². The van der Waals surface area contributed by atoms with Crippen molar-refractivity contribution in [1.82, 2.24) is 9.97 Å². The van der Waals surface area contributed by atoms with Crippen LogP contribution >= 0.6 is 22.9 Å². The van der Waals surface area contributed by atoms with Crippen LogP contribution in [0.5, 0.6) is 0 Å². The van der Waals surface area contributed by atoms with E-state index in [1.165, 1.54) is 0 Å². The van der Waals surface area contributed by atoms with Crippen molar-refractivity contribution in [3.63, 3.8) is 0 Å². The largest absolute Gasteiger partial charge is 0.369 e. The SMILES string of the molecule is CC1(C)C(CNc2nc(Cl)nc3sccc23)C1(C)C. The molecule has 0 bridgehead atoms. The van der Waals surface area contributed by atoms with E-state index in [-0.39, 0.29) is 0 Å². The average molecular weight is 296 g/mol. The molecule has 0 spiro atoms. The lowest BCUT2D eigenvalue weighted by molar-refractivity contribution is 0.457. The molecule has 2 heterocycles. The first-order chi connectivity index (χ1) is 8.84. The van der Waals surface area contributed by atoms with Crippen LogP contribution in [0.3, 0.4) is 0 Å². The predicted molar refractivity (Wildman–Crippen MR) is 82.0 cm³/mol. The molecule has 2 aromatic rings. The molecule has 0 saturated heterocycles. The summed E-state index contributed by atoms with van der Waals surface area (Å²) in [4.78, 5) is 9.49. The Bertz CT molecular complexity index is 619. The van der Waals surface area contributed by atoms with Gasteiger partial charge < -0.3 is 5.32 Å². The van der Waals surface area contributed by atoms with Crippen LogP contribution in [-0.2, 0) is 0 Å². The number of thiophene rings is 1. The molecule has 0 aliphatic heterocycles. The third-order valence-electron chi connectivity index (χ3n) is 5.09. The lowest BCUT2D eigenvalue weighted by Gasteiger charge is -2.08. The summed E-state index contributed by atoms with van der Waals surface area (Å²) in [5, 5.41) is 6.85. The molecule has 1 fully saturated rings. The van der Waals surface area contributed by atoms with Gasteiger partial charge in [0.1, 0.15) is 10.6 Å². The average Bonchev–Trinajstić information content (AvgIpc) is 2.70. The number of halogens is 1. The maximum Gasteiger partial charge on any atom is 0.225 e. The van der Waals surface area contributed by atoms with Gasteiger partial charge in [0.2, 0.25) is 5.28 Å². The number of nitrogens with one attached hydrogen (secondary N) is 1. The molecule has 1 aliphatic carbocycles. The Morgan fingerprint density at radius 1 is 1.26 bits per heavy atom. The van der Waals surface area contributed by atoms with Crippen molar-refractivity contribution in [2.24, 2.45) is 16.7 Å². The zero-order valence-corrected chi connectivity index (χ0v) is 13.2. The summed E-state index contributed by atoms with van der Waals surface area (Å²) in [7, 11) is 0. The molecule has 2 aromatic heterocycles. The number of anilines is 1. The number of hydrogen-bond donors (Lipinski definition) is 1. The summed E-state index contributed by atoms with van der Waals surface area (Å²) >= 11 is 7.56. The fraction of sp³-hybridized carbons (Fsp3) is 0.571. The first-order valence-electron chi connectivity index (χ1n) is 6.48. The Balaban J connectivity index is 1.82. The Hall–Kier alpha value is -0.870. The van der Waals surface area contributed by atoms with E-state index in [2.05, 4.69) is 43.0 Å². The number of nitrogens with zero attached hydrogens (tertiary/aromatic N) is 2. The molecule has 0 aromatic carbocycles. The van der Waals surface area contributed by atoms with Gasteiger partial charge in [-0.2, -0.15) is 0 Å². The molecule has 1 aliphatic rings. The molecule has 1 saturated carbocycles. The van der Waals surface area contributed by atoms with Crippen molar-refractivity contribution < 1.29 is 0 Å². The highest BCUT2D eigenvalue weighted by Gasteiger charge is 2.64. The molecular weight excluding hydrogens is 278 g/mol. The van der Waals surface area contributed by atoms with Crippen LogP contribution < -0.4 is 5.32 Å². The van der Waals surface area contributed by atoms with E-state index < -0.39 is 0 Å². The lowest BCUT2D eigenvalue weighted by Crippen LogP contribution is -2.09. The summed E-state index contributed by atoms with van der Waals surface area (Å²) in [6.07, 6.45) is 0. The summed E-state index contributed by atoms with van der Waals surface area (Å²) in [6.45, 7) is 10.2. The fourth-order valence-electron chi connectivity index (χ4n) is 3.01. The standard InChI is InChI=1S/C14H18ClN3S/c1-13(2)9(14(13,3)4)7-16-10-8-5-6-19-11(8)18-12(15)17-10/h5-6,9H,7H2,1-4H3,(H,16,17,18). The van der Waals surface area contributed by atoms with Crippen molar-refractivity contribution in [1.29, 1.82) is 0 Å². The van der Waals surface area contributed by atoms with Gasteiger partial charge in [0.25, 0.3) is 0 Å². The van der Waals surface area contributed by atoms with Gasteiger partial charge in [0.05, 0.1) is 5.39 Å². The van der Waals surface area contributed by atoms with Crippen LogP contribution in [0.15, 0.2) is 11.4 Å². The first-order valence-corrected chi connectivity index (χ1v) is 7.74. The Kier molecular flexibility index (Phi) is 2.81. The molecule has 0 amide bonds. The maximum absolute atomic E-state index is 5.97. The van der Waals surface area contributed by atoms with Gasteiger partial charge >= 0.3 is 0 Å². The Labute approximate surface area is 122 Å². The molecule has 102 valence electrons. The third kappa shape index (κ3) is 1.93. The molecule has 19 heavy (non-hydrogen) atoms. The summed E-state index contributed by atoms with van der Waals surface area (Å²) < 4.78 is 0. The zero-order valence-electron chi connectivity index (χ0n) is 11.6. The topological polar surface area (TPSA) is 37.8 Å². The van der Waals surface area contributed by atoms with E-state index in [0.29, 0.717) is 22.0 Å². The van der Waals surface area contributed by atoms with Gasteiger partial charge in [-0.25, -0.2) is 9.97 Å². The van der Waals surface area contributed by atoms with Crippen LogP contribution in [0.4, 0.5) is 5.82 Å². The van der Waals surface area contributed by atoms with Crippen LogP contribution in [0.25, 0.3) is 10.2 Å². The van der Waals surface area contributed by atoms with Gasteiger partial charge in [-0.05, 0) is 39.8 Å². The van der Waals surface area contributed by atoms with Crippen LogP contribution in [0.1, 0.15) is 27.7 Å². The van der Waals surface area contributed by atoms with E-state index in [1.807, 2.05) is 11.4 Å². The minimum atomic E-state index is 0.312. The third-order valence-corrected chi connectivity index (χ3v) is 6.07. The predicted octanol–water partition coefficient (Wildman–Crippen LogP) is 4.44. The highest BCUT2D eigenvalue weighted by atomic mass is 35.5. The van der Waals surface area contributed by atoms with Gasteiger partial charge in [-0.15, -0.1) is 11.3 Å². The molecule has 3 nitrogen and oxygen atoms in total. The smallest absolute Gasteiger partial charge is 0.225 e. The summed E-state index contributed by atoms with van der Waals surface area (Å²) in [5.41, 5.74) is 0.759.